The lowest BCUT2D eigenvalue weighted by Gasteiger charge is -2.21. The van der Waals surface area contributed by atoms with Crippen molar-refractivity contribution in [3.63, 3.8) is 0 Å². The molecule has 11 heteroatoms. The number of benzene rings is 2. The number of aryl methyl sites for hydroxylation is 2. The monoisotopic (exact) mass is 544 g/mol. The third kappa shape index (κ3) is 5.24. The summed E-state index contributed by atoms with van der Waals surface area (Å²) in [6.07, 6.45) is 1.46. The summed E-state index contributed by atoms with van der Waals surface area (Å²) in [4.78, 5) is 28.5. The van der Waals surface area contributed by atoms with Gasteiger partial charge in [0.15, 0.2) is 11.4 Å². The van der Waals surface area contributed by atoms with Crippen LogP contribution in [0.15, 0.2) is 57.9 Å². The van der Waals surface area contributed by atoms with Crippen molar-refractivity contribution >= 4 is 17.6 Å². The molecule has 0 spiro atoms. The van der Waals surface area contributed by atoms with Gasteiger partial charge in [0.2, 0.25) is 5.89 Å². The lowest BCUT2D eigenvalue weighted by Crippen LogP contribution is -2.36. The van der Waals surface area contributed by atoms with Crippen molar-refractivity contribution in [2.45, 2.75) is 26.4 Å². The number of nitrogens with zero attached hydrogens (tertiary/aromatic N) is 2. The van der Waals surface area contributed by atoms with Crippen molar-refractivity contribution in [2.24, 2.45) is 0 Å². The van der Waals surface area contributed by atoms with Crippen molar-refractivity contribution < 1.29 is 32.9 Å². The van der Waals surface area contributed by atoms with Gasteiger partial charge in [-0.3, -0.25) is 14.2 Å². The van der Waals surface area contributed by atoms with Crippen LogP contribution in [0.1, 0.15) is 23.9 Å². The quantitative estimate of drug-likeness (QED) is 0.330. The number of ether oxygens (including phenoxy) is 1. The minimum absolute atomic E-state index is 0.0155. The summed E-state index contributed by atoms with van der Waals surface area (Å²) in [6.45, 7) is 3.04. The maximum absolute atomic E-state index is 14.8. The number of oxazole rings is 1. The first-order valence-electron chi connectivity index (χ1n) is 11.4. The molecule has 0 saturated heterocycles. The first kappa shape index (κ1) is 27.2. The van der Waals surface area contributed by atoms with Crippen LogP contribution in [0.25, 0.3) is 28.3 Å². The van der Waals surface area contributed by atoms with Gasteiger partial charge in [0.25, 0.3) is 5.56 Å². The highest BCUT2D eigenvalue weighted by atomic mass is 35.5. The fourth-order valence-corrected chi connectivity index (χ4v) is 4.38. The van der Waals surface area contributed by atoms with E-state index in [1.807, 2.05) is 0 Å². The molecule has 0 fully saturated rings. The summed E-state index contributed by atoms with van der Waals surface area (Å²) in [5, 5.41) is 21.3. The van der Waals surface area contributed by atoms with Crippen molar-refractivity contribution in [3.8, 4) is 28.3 Å². The van der Waals surface area contributed by atoms with E-state index >= 15 is 0 Å². The average Bonchev–Trinajstić information content (AvgIpc) is 3.29. The fraction of sp³-hybridized carbons (Fsp3) is 0.222. The Labute approximate surface area is 220 Å². The minimum atomic E-state index is -2.27. The highest BCUT2D eigenvalue weighted by Crippen LogP contribution is 2.37. The second-order valence-electron chi connectivity index (χ2n) is 8.81. The number of hydrogen-bond donors (Lipinski definition) is 2. The van der Waals surface area contributed by atoms with Crippen LogP contribution in [-0.2, 0) is 15.1 Å². The van der Waals surface area contributed by atoms with Crippen molar-refractivity contribution in [3.05, 3.63) is 92.7 Å². The SMILES string of the molecule is CC(=O)OCC(O)(CO)c1nc(-c2ccc(=O)n(-c3c(C)cc(Cl)cc3C)c2)c(-c2ccc(F)cc2F)o1. The predicted octanol–water partition coefficient (Wildman–Crippen LogP) is 4.45. The summed E-state index contributed by atoms with van der Waals surface area (Å²) >= 11 is 6.15. The van der Waals surface area contributed by atoms with Crippen molar-refractivity contribution in [1.29, 1.82) is 0 Å². The van der Waals surface area contributed by atoms with Gasteiger partial charge in [0.1, 0.15) is 23.9 Å². The highest BCUT2D eigenvalue weighted by molar-refractivity contribution is 6.30. The summed E-state index contributed by atoms with van der Waals surface area (Å²) < 4.78 is 40.4. The molecule has 38 heavy (non-hydrogen) atoms. The maximum Gasteiger partial charge on any atom is 0.302 e. The van der Waals surface area contributed by atoms with E-state index in [-0.39, 0.29) is 28.1 Å². The van der Waals surface area contributed by atoms with Gasteiger partial charge >= 0.3 is 5.97 Å². The van der Waals surface area contributed by atoms with E-state index < -0.39 is 42.3 Å². The number of carbonyl (C=O) groups excluding carboxylic acids is 1. The van der Waals surface area contributed by atoms with Crippen LogP contribution in [0.5, 0.6) is 0 Å². The second kappa shape index (κ2) is 10.5. The summed E-state index contributed by atoms with van der Waals surface area (Å²) in [6, 6.07) is 8.91. The van der Waals surface area contributed by atoms with Gasteiger partial charge in [-0.15, -0.1) is 0 Å². The molecule has 0 aliphatic heterocycles. The Bertz CT molecular complexity index is 1580. The Morgan fingerprint density at radius 1 is 1.16 bits per heavy atom. The number of pyridine rings is 1. The van der Waals surface area contributed by atoms with Gasteiger partial charge in [0.05, 0.1) is 17.9 Å². The summed E-state index contributed by atoms with van der Waals surface area (Å²) in [5.74, 6) is -3.21. The van der Waals surface area contributed by atoms with E-state index in [0.29, 0.717) is 16.8 Å². The van der Waals surface area contributed by atoms with Gasteiger partial charge < -0.3 is 19.4 Å². The number of aromatic nitrogens is 2. The van der Waals surface area contributed by atoms with Crippen LogP contribution in [0.2, 0.25) is 5.02 Å². The van der Waals surface area contributed by atoms with Gasteiger partial charge in [0, 0.05) is 35.8 Å². The third-order valence-corrected chi connectivity index (χ3v) is 6.08. The molecule has 4 rings (SSSR count). The first-order chi connectivity index (χ1) is 17.9. The molecule has 4 aromatic rings. The molecule has 0 radical (unpaired) electrons. The Hall–Kier alpha value is -3.86. The molecule has 1 unspecified atom stereocenters. The number of rotatable bonds is 7. The first-order valence-corrected chi connectivity index (χ1v) is 11.7. The summed E-state index contributed by atoms with van der Waals surface area (Å²) in [7, 11) is 0. The molecule has 2 aromatic carbocycles. The van der Waals surface area contributed by atoms with E-state index in [9.17, 15) is 28.6 Å². The standard InChI is InChI=1S/C27H23ClF2N2O6/c1-14-8-18(28)9-15(2)24(14)32-11-17(4-7-22(32)35)23-25(20-6-5-19(29)10-21(20)30)38-26(31-23)27(36,12-33)13-37-16(3)34/h4-11,33,36H,12-13H2,1-3H3. The number of halogens is 3. The largest absolute Gasteiger partial charge is 0.462 e. The Morgan fingerprint density at radius 3 is 2.45 bits per heavy atom. The zero-order chi connectivity index (χ0) is 27.8. The predicted molar refractivity (Wildman–Crippen MR) is 135 cm³/mol. The zero-order valence-electron chi connectivity index (χ0n) is 20.6. The molecular formula is C27H23ClF2N2O6. The zero-order valence-corrected chi connectivity index (χ0v) is 21.3. The smallest absolute Gasteiger partial charge is 0.302 e. The van der Waals surface area contributed by atoms with E-state index in [1.165, 1.54) is 22.9 Å². The van der Waals surface area contributed by atoms with Gasteiger partial charge in [-0.1, -0.05) is 11.6 Å². The Kier molecular flexibility index (Phi) is 7.50. The molecular weight excluding hydrogens is 522 g/mol. The molecule has 2 aromatic heterocycles. The molecule has 1 atom stereocenters. The highest BCUT2D eigenvalue weighted by Gasteiger charge is 2.38. The lowest BCUT2D eigenvalue weighted by atomic mass is 10.1. The minimum Gasteiger partial charge on any atom is -0.462 e. The topological polar surface area (TPSA) is 115 Å². The van der Waals surface area contributed by atoms with Gasteiger partial charge in [-0.25, -0.2) is 13.8 Å². The van der Waals surface area contributed by atoms with E-state index in [2.05, 4.69) is 4.98 Å². The molecule has 8 nitrogen and oxygen atoms in total. The number of hydrogen-bond acceptors (Lipinski definition) is 7. The Morgan fingerprint density at radius 2 is 1.84 bits per heavy atom. The summed E-state index contributed by atoms with van der Waals surface area (Å²) in [5.41, 5.74) is -0.564. The number of esters is 1. The normalized spacial score (nSPS) is 12.8. The second-order valence-corrected chi connectivity index (χ2v) is 9.24. The lowest BCUT2D eigenvalue weighted by molar-refractivity contribution is -0.154. The van der Waals surface area contributed by atoms with E-state index in [4.69, 9.17) is 20.8 Å². The Balaban J connectivity index is 1.96. The molecule has 198 valence electrons. The van der Waals surface area contributed by atoms with E-state index in [0.717, 1.165) is 30.2 Å². The van der Waals surface area contributed by atoms with Crippen LogP contribution >= 0.6 is 11.6 Å². The van der Waals surface area contributed by atoms with Crippen molar-refractivity contribution in [1.82, 2.24) is 9.55 Å². The molecule has 0 aliphatic rings. The molecule has 2 N–H and O–H groups in total. The number of aliphatic hydroxyl groups excluding tert-OH is 1. The van der Waals surface area contributed by atoms with Crippen molar-refractivity contribution in [2.75, 3.05) is 13.2 Å². The van der Waals surface area contributed by atoms with Crippen LogP contribution in [0.4, 0.5) is 8.78 Å². The fourth-order valence-electron chi connectivity index (χ4n) is 4.05. The molecule has 2 heterocycles. The maximum atomic E-state index is 14.8. The molecule has 0 saturated carbocycles. The number of carbonyl (C=O) groups is 1. The van der Waals surface area contributed by atoms with E-state index in [1.54, 1.807) is 26.0 Å². The molecule has 0 aliphatic carbocycles. The number of aliphatic hydroxyl groups is 2. The average molecular weight is 545 g/mol. The molecule has 0 bridgehead atoms. The van der Waals surface area contributed by atoms with Crippen LogP contribution in [-0.4, -0.2) is 38.9 Å². The van der Waals surface area contributed by atoms with Gasteiger partial charge in [-0.2, -0.15) is 0 Å². The van der Waals surface area contributed by atoms with Crippen LogP contribution in [0, 0.1) is 25.5 Å². The third-order valence-electron chi connectivity index (χ3n) is 5.86. The van der Waals surface area contributed by atoms with Crippen LogP contribution < -0.4 is 5.56 Å². The van der Waals surface area contributed by atoms with Gasteiger partial charge in [-0.05, 0) is 55.3 Å². The molecule has 0 amide bonds. The van der Waals surface area contributed by atoms with Crippen LogP contribution in [0.3, 0.4) is 0 Å².